The Morgan fingerprint density at radius 2 is 1.94 bits per heavy atom. The monoisotopic (exact) mass is 332 g/mol. The van der Waals surface area contributed by atoms with Crippen LogP contribution in [0.1, 0.15) is 31.2 Å². The molecular formula is C12H17BrN2O2S. The van der Waals surface area contributed by atoms with E-state index in [2.05, 4.69) is 20.7 Å². The maximum absolute atomic E-state index is 12.3. The van der Waals surface area contributed by atoms with E-state index in [-0.39, 0.29) is 10.9 Å². The maximum atomic E-state index is 12.3. The molecule has 0 spiro atoms. The predicted octanol–water partition coefficient (Wildman–Crippen LogP) is 2.56. The number of hydrogen-bond acceptors (Lipinski definition) is 3. The minimum atomic E-state index is -3.48. The summed E-state index contributed by atoms with van der Waals surface area (Å²) in [6, 6.07) is 3.38. The molecule has 2 rings (SSSR count). The standard InChI is InChI=1S/C12H17BrN2O2S/c1-8-11(14)6-9(13)7-12(8)18(16,17)15-10-4-2-3-5-10/h6-7,10,15H,2-5,14H2,1H3. The topological polar surface area (TPSA) is 72.2 Å². The highest BCUT2D eigenvalue weighted by Crippen LogP contribution is 2.27. The smallest absolute Gasteiger partial charge is 0.241 e. The molecular weight excluding hydrogens is 316 g/mol. The summed E-state index contributed by atoms with van der Waals surface area (Å²) in [5.74, 6) is 0. The molecule has 1 aromatic rings. The van der Waals surface area contributed by atoms with E-state index in [9.17, 15) is 8.42 Å². The van der Waals surface area contributed by atoms with Gasteiger partial charge in [0.15, 0.2) is 0 Å². The second kappa shape index (κ2) is 5.19. The van der Waals surface area contributed by atoms with Crippen LogP contribution in [0.3, 0.4) is 0 Å². The van der Waals surface area contributed by atoms with Crippen molar-refractivity contribution < 1.29 is 8.42 Å². The van der Waals surface area contributed by atoms with Crippen LogP contribution >= 0.6 is 15.9 Å². The molecule has 0 bridgehead atoms. The molecule has 1 aliphatic carbocycles. The first-order valence-electron chi connectivity index (χ1n) is 5.98. The molecule has 18 heavy (non-hydrogen) atoms. The summed E-state index contributed by atoms with van der Waals surface area (Å²) in [6.07, 6.45) is 4.02. The average molecular weight is 333 g/mol. The summed E-state index contributed by atoms with van der Waals surface area (Å²) in [6.45, 7) is 1.73. The Morgan fingerprint density at radius 1 is 1.33 bits per heavy atom. The number of sulfonamides is 1. The third-order valence-electron chi connectivity index (χ3n) is 3.33. The molecule has 0 heterocycles. The molecule has 0 radical (unpaired) electrons. The molecule has 0 atom stereocenters. The number of rotatable bonds is 3. The zero-order valence-electron chi connectivity index (χ0n) is 10.2. The van der Waals surface area contributed by atoms with Gasteiger partial charge in [-0.1, -0.05) is 28.8 Å². The number of hydrogen-bond donors (Lipinski definition) is 2. The van der Waals surface area contributed by atoms with E-state index in [1.807, 2.05) is 0 Å². The number of anilines is 1. The van der Waals surface area contributed by atoms with Crippen molar-refractivity contribution in [2.24, 2.45) is 0 Å². The number of nitrogens with one attached hydrogen (secondary N) is 1. The van der Waals surface area contributed by atoms with Gasteiger partial charge < -0.3 is 5.73 Å². The summed E-state index contributed by atoms with van der Waals surface area (Å²) in [4.78, 5) is 0.265. The van der Waals surface area contributed by atoms with Crippen molar-refractivity contribution in [3.8, 4) is 0 Å². The molecule has 100 valence electrons. The Labute approximate surface area is 116 Å². The van der Waals surface area contributed by atoms with Gasteiger partial charge in [0.25, 0.3) is 0 Å². The summed E-state index contributed by atoms with van der Waals surface area (Å²) in [7, 11) is -3.48. The van der Waals surface area contributed by atoms with Crippen molar-refractivity contribution in [2.75, 3.05) is 5.73 Å². The Balaban J connectivity index is 2.34. The predicted molar refractivity (Wildman–Crippen MR) is 75.9 cm³/mol. The first kappa shape index (κ1) is 13.8. The van der Waals surface area contributed by atoms with Gasteiger partial charge >= 0.3 is 0 Å². The van der Waals surface area contributed by atoms with Crippen LogP contribution in [0.15, 0.2) is 21.5 Å². The van der Waals surface area contributed by atoms with Crippen LogP contribution in [0.4, 0.5) is 5.69 Å². The molecule has 1 aliphatic rings. The van der Waals surface area contributed by atoms with Crippen LogP contribution in [-0.4, -0.2) is 14.5 Å². The van der Waals surface area contributed by atoms with Gasteiger partial charge in [-0.2, -0.15) is 0 Å². The highest BCUT2D eigenvalue weighted by molar-refractivity contribution is 9.10. The van der Waals surface area contributed by atoms with Crippen LogP contribution in [-0.2, 0) is 10.0 Å². The molecule has 1 fully saturated rings. The summed E-state index contributed by atoms with van der Waals surface area (Å²) in [5.41, 5.74) is 6.89. The molecule has 3 N–H and O–H groups in total. The number of nitrogen functional groups attached to an aromatic ring is 1. The molecule has 1 aromatic carbocycles. The largest absolute Gasteiger partial charge is 0.398 e. The van der Waals surface area contributed by atoms with Gasteiger partial charge in [-0.05, 0) is 37.5 Å². The minimum absolute atomic E-state index is 0.0645. The summed E-state index contributed by atoms with van der Waals surface area (Å²) < 4.78 is 28.1. The average Bonchev–Trinajstić information content (AvgIpc) is 2.75. The van der Waals surface area contributed by atoms with E-state index in [0.29, 0.717) is 15.7 Å². The molecule has 0 aliphatic heterocycles. The van der Waals surface area contributed by atoms with Crippen LogP contribution in [0.2, 0.25) is 0 Å². The fourth-order valence-corrected chi connectivity index (χ4v) is 4.51. The van der Waals surface area contributed by atoms with E-state index >= 15 is 0 Å². The fourth-order valence-electron chi connectivity index (χ4n) is 2.28. The minimum Gasteiger partial charge on any atom is -0.398 e. The second-order valence-corrected chi connectivity index (χ2v) is 7.32. The van der Waals surface area contributed by atoms with Gasteiger partial charge in [-0.15, -0.1) is 0 Å². The Bertz CT molecular complexity index is 551. The van der Waals surface area contributed by atoms with Gasteiger partial charge in [-0.3, -0.25) is 0 Å². The van der Waals surface area contributed by atoms with Crippen molar-refractivity contribution in [3.05, 3.63) is 22.2 Å². The van der Waals surface area contributed by atoms with Gasteiger partial charge in [0.1, 0.15) is 0 Å². The zero-order valence-corrected chi connectivity index (χ0v) is 12.6. The van der Waals surface area contributed by atoms with Crippen molar-refractivity contribution in [1.82, 2.24) is 4.72 Å². The molecule has 0 aromatic heterocycles. The molecule has 1 saturated carbocycles. The van der Waals surface area contributed by atoms with E-state index in [1.54, 1.807) is 19.1 Å². The maximum Gasteiger partial charge on any atom is 0.241 e. The molecule has 0 saturated heterocycles. The van der Waals surface area contributed by atoms with Crippen molar-refractivity contribution >= 4 is 31.6 Å². The van der Waals surface area contributed by atoms with Crippen molar-refractivity contribution in [3.63, 3.8) is 0 Å². The van der Waals surface area contributed by atoms with E-state index in [1.165, 1.54) is 0 Å². The van der Waals surface area contributed by atoms with Crippen LogP contribution in [0.25, 0.3) is 0 Å². The van der Waals surface area contributed by atoms with Crippen molar-refractivity contribution in [2.45, 2.75) is 43.5 Å². The normalized spacial score (nSPS) is 17.2. The lowest BCUT2D eigenvalue weighted by Gasteiger charge is -2.15. The summed E-state index contributed by atoms with van der Waals surface area (Å²) >= 11 is 3.28. The first-order chi connectivity index (χ1) is 8.40. The lowest BCUT2D eigenvalue weighted by atomic mass is 10.2. The van der Waals surface area contributed by atoms with Crippen LogP contribution in [0.5, 0.6) is 0 Å². The van der Waals surface area contributed by atoms with Crippen LogP contribution < -0.4 is 10.5 Å². The Hall–Kier alpha value is -0.590. The van der Waals surface area contributed by atoms with Gasteiger partial charge in [0, 0.05) is 16.2 Å². The highest BCUT2D eigenvalue weighted by atomic mass is 79.9. The van der Waals surface area contributed by atoms with E-state index < -0.39 is 10.0 Å². The molecule has 0 unspecified atom stereocenters. The number of nitrogens with two attached hydrogens (primary N) is 1. The lowest BCUT2D eigenvalue weighted by molar-refractivity contribution is 0.551. The van der Waals surface area contributed by atoms with Crippen molar-refractivity contribution in [1.29, 1.82) is 0 Å². The third-order valence-corrected chi connectivity index (χ3v) is 5.44. The Morgan fingerprint density at radius 3 is 2.56 bits per heavy atom. The van der Waals surface area contributed by atoms with Gasteiger partial charge in [0.05, 0.1) is 4.90 Å². The summed E-state index contributed by atoms with van der Waals surface area (Å²) in [5, 5.41) is 0. The quantitative estimate of drug-likeness (QED) is 0.835. The first-order valence-corrected chi connectivity index (χ1v) is 8.26. The second-order valence-electron chi connectivity index (χ2n) is 4.72. The van der Waals surface area contributed by atoms with E-state index in [4.69, 9.17) is 5.73 Å². The fraction of sp³-hybridized carbons (Fsp3) is 0.500. The van der Waals surface area contributed by atoms with Crippen LogP contribution in [0, 0.1) is 6.92 Å². The number of benzene rings is 1. The SMILES string of the molecule is Cc1c(N)cc(Br)cc1S(=O)(=O)NC1CCCC1. The molecule has 6 heteroatoms. The molecule has 4 nitrogen and oxygen atoms in total. The molecule has 0 amide bonds. The van der Waals surface area contributed by atoms with Gasteiger partial charge in [0.2, 0.25) is 10.0 Å². The van der Waals surface area contributed by atoms with E-state index in [0.717, 1.165) is 25.7 Å². The lowest BCUT2D eigenvalue weighted by Crippen LogP contribution is -2.33. The Kier molecular flexibility index (Phi) is 3.99. The highest BCUT2D eigenvalue weighted by Gasteiger charge is 2.25. The number of halogens is 1. The van der Waals surface area contributed by atoms with Gasteiger partial charge in [-0.25, -0.2) is 13.1 Å². The third kappa shape index (κ3) is 2.87. The zero-order chi connectivity index (χ0) is 13.3.